The molecule has 3 nitrogen and oxygen atoms in total. The fourth-order valence-corrected chi connectivity index (χ4v) is 4.57. The highest BCUT2D eigenvalue weighted by atomic mass is 35.5. The van der Waals surface area contributed by atoms with E-state index >= 15 is 0 Å². The van der Waals surface area contributed by atoms with Crippen molar-refractivity contribution < 1.29 is 0 Å². The molecule has 0 aromatic heterocycles. The fourth-order valence-electron chi connectivity index (χ4n) is 4.38. The Morgan fingerprint density at radius 3 is 2.15 bits per heavy atom. The molecular formula is C23H30ClN3. The third-order valence-corrected chi connectivity index (χ3v) is 6.24. The number of para-hydroxylation sites is 2. The molecule has 0 amide bonds. The Bertz CT molecular complexity index is 742. The zero-order chi connectivity index (χ0) is 18.5. The van der Waals surface area contributed by atoms with E-state index in [1.54, 1.807) is 0 Å². The van der Waals surface area contributed by atoms with E-state index in [1.807, 2.05) is 12.1 Å². The third kappa shape index (κ3) is 4.59. The summed E-state index contributed by atoms with van der Waals surface area (Å²) in [6.07, 6.45) is 5.42. The van der Waals surface area contributed by atoms with E-state index in [0.29, 0.717) is 0 Å². The molecule has 0 spiro atoms. The van der Waals surface area contributed by atoms with Crippen LogP contribution < -0.4 is 9.80 Å². The summed E-state index contributed by atoms with van der Waals surface area (Å²) in [7, 11) is 0. The van der Waals surface area contributed by atoms with Crippen LogP contribution in [0.25, 0.3) is 0 Å². The lowest BCUT2D eigenvalue weighted by atomic mass is 10.1. The van der Waals surface area contributed by atoms with E-state index in [9.17, 15) is 0 Å². The lowest BCUT2D eigenvalue weighted by molar-refractivity contribution is 0.227. The van der Waals surface area contributed by atoms with E-state index in [-0.39, 0.29) is 0 Å². The summed E-state index contributed by atoms with van der Waals surface area (Å²) in [6.45, 7) is 7.98. The standard InChI is InChI=1S/C23H30ClN3/c24-21-10-3-2-9-20(21)19-27-18-17-26(22-11-4-5-12-23(22)27)16-8-15-25-13-6-1-7-14-25/h2-5,9-12H,1,6-8,13-19H2. The van der Waals surface area contributed by atoms with Crippen molar-refractivity contribution in [2.45, 2.75) is 32.2 Å². The molecule has 0 aliphatic carbocycles. The predicted molar refractivity (Wildman–Crippen MR) is 116 cm³/mol. The van der Waals surface area contributed by atoms with Gasteiger partial charge in [0.15, 0.2) is 0 Å². The molecule has 0 N–H and O–H groups in total. The summed E-state index contributed by atoms with van der Waals surface area (Å²) in [5, 5.41) is 0.860. The molecule has 4 heteroatoms. The van der Waals surface area contributed by atoms with E-state index in [1.165, 1.54) is 62.3 Å². The van der Waals surface area contributed by atoms with E-state index in [2.05, 4.69) is 51.1 Å². The first-order valence-corrected chi connectivity index (χ1v) is 10.7. The van der Waals surface area contributed by atoms with Crippen molar-refractivity contribution in [3.63, 3.8) is 0 Å². The van der Waals surface area contributed by atoms with Crippen molar-refractivity contribution in [2.75, 3.05) is 49.1 Å². The summed E-state index contributed by atoms with van der Waals surface area (Å²) in [6, 6.07) is 17.0. The summed E-state index contributed by atoms with van der Waals surface area (Å²) < 4.78 is 0. The molecule has 27 heavy (non-hydrogen) atoms. The predicted octanol–water partition coefficient (Wildman–Crippen LogP) is 5.04. The molecule has 0 radical (unpaired) electrons. The second-order valence-electron chi connectivity index (χ2n) is 7.74. The molecule has 2 aliphatic heterocycles. The third-order valence-electron chi connectivity index (χ3n) is 5.87. The number of hydrogen-bond acceptors (Lipinski definition) is 3. The minimum Gasteiger partial charge on any atom is -0.368 e. The van der Waals surface area contributed by atoms with E-state index in [0.717, 1.165) is 31.2 Å². The molecule has 2 heterocycles. The molecule has 4 rings (SSSR count). The van der Waals surface area contributed by atoms with Crippen LogP contribution in [0.5, 0.6) is 0 Å². The molecule has 1 saturated heterocycles. The van der Waals surface area contributed by atoms with Crippen LogP contribution in [0, 0.1) is 0 Å². The molecule has 1 fully saturated rings. The first kappa shape index (κ1) is 18.6. The van der Waals surface area contributed by atoms with E-state index < -0.39 is 0 Å². The quantitative estimate of drug-likeness (QED) is 0.691. The Hall–Kier alpha value is -1.71. The zero-order valence-corrected chi connectivity index (χ0v) is 16.9. The van der Waals surface area contributed by atoms with Crippen molar-refractivity contribution in [1.29, 1.82) is 0 Å². The maximum absolute atomic E-state index is 6.40. The SMILES string of the molecule is Clc1ccccc1CN1CCN(CCCN2CCCCC2)c2ccccc21. The molecule has 0 unspecified atom stereocenters. The average Bonchev–Trinajstić information content (AvgIpc) is 2.72. The minimum atomic E-state index is 0.860. The van der Waals surface area contributed by atoms with Gasteiger partial charge in [0.25, 0.3) is 0 Å². The summed E-state index contributed by atoms with van der Waals surface area (Å²) in [5.74, 6) is 0. The van der Waals surface area contributed by atoms with Crippen LogP contribution in [-0.2, 0) is 6.54 Å². The van der Waals surface area contributed by atoms with Crippen molar-refractivity contribution in [3.05, 3.63) is 59.1 Å². The van der Waals surface area contributed by atoms with Crippen LogP contribution in [0.3, 0.4) is 0 Å². The molecule has 2 aromatic carbocycles. The number of likely N-dealkylation sites (tertiary alicyclic amines) is 1. The van der Waals surface area contributed by atoms with Crippen LogP contribution >= 0.6 is 11.6 Å². The summed E-state index contributed by atoms with van der Waals surface area (Å²) in [5.41, 5.74) is 3.91. The van der Waals surface area contributed by atoms with Crippen LogP contribution in [0.4, 0.5) is 11.4 Å². The maximum atomic E-state index is 6.40. The van der Waals surface area contributed by atoms with Crippen molar-refractivity contribution in [3.8, 4) is 0 Å². The lowest BCUT2D eigenvalue weighted by Crippen LogP contribution is -2.42. The summed E-state index contributed by atoms with van der Waals surface area (Å²) in [4.78, 5) is 7.68. The van der Waals surface area contributed by atoms with E-state index in [4.69, 9.17) is 11.6 Å². The second kappa shape index (κ2) is 8.99. The van der Waals surface area contributed by atoms with Gasteiger partial charge in [-0.05, 0) is 62.7 Å². The first-order chi connectivity index (χ1) is 13.3. The topological polar surface area (TPSA) is 9.72 Å². The van der Waals surface area contributed by atoms with Gasteiger partial charge in [-0.2, -0.15) is 0 Å². The lowest BCUT2D eigenvalue weighted by Gasteiger charge is -2.39. The fraction of sp³-hybridized carbons (Fsp3) is 0.478. The Kier molecular flexibility index (Phi) is 6.21. The largest absolute Gasteiger partial charge is 0.368 e. The Morgan fingerprint density at radius 2 is 1.37 bits per heavy atom. The highest BCUT2D eigenvalue weighted by molar-refractivity contribution is 6.31. The number of piperidine rings is 1. The molecule has 0 atom stereocenters. The number of nitrogens with zero attached hydrogens (tertiary/aromatic N) is 3. The highest BCUT2D eigenvalue weighted by Gasteiger charge is 2.22. The molecule has 144 valence electrons. The van der Waals surface area contributed by atoms with Gasteiger partial charge in [-0.1, -0.05) is 48.4 Å². The maximum Gasteiger partial charge on any atom is 0.0607 e. The number of halogens is 1. The van der Waals surface area contributed by atoms with Gasteiger partial charge in [-0.15, -0.1) is 0 Å². The van der Waals surface area contributed by atoms with Crippen molar-refractivity contribution >= 4 is 23.0 Å². The van der Waals surface area contributed by atoms with Gasteiger partial charge in [-0.25, -0.2) is 0 Å². The number of hydrogen-bond donors (Lipinski definition) is 0. The van der Waals surface area contributed by atoms with Crippen molar-refractivity contribution in [2.24, 2.45) is 0 Å². The van der Waals surface area contributed by atoms with Gasteiger partial charge in [-0.3, -0.25) is 0 Å². The Labute approximate surface area is 168 Å². The Morgan fingerprint density at radius 1 is 0.704 bits per heavy atom. The van der Waals surface area contributed by atoms with Crippen LogP contribution in [0.2, 0.25) is 5.02 Å². The average molecular weight is 384 g/mol. The Balaban J connectivity index is 1.41. The minimum absolute atomic E-state index is 0.860. The van der Waals surface area contributed by atoms with Crippen LogP contribution in [-0.4, -0.2) is 44.2 Å². The smallest absolute Gasteiger partial charge is 0.0607 e. The van der Waals surface area contributed by atoms with Crippen molar-refractivity contribution in [1.82, 2.24) is 4.90 Å². The van der Waals surface area contributed by atoms with Gasteiger partial charge < -0.3 is 14.7 Å². The summed E-state index contributed by atoms with van der Waals surface area (Å²) >= 11 is 6.40. The van der Waals surface area contributed by atoms with Crippen LogP contribution in [0.15, 0.2) is 48.5 Å². The number of rotatable bonds is 6. The molecule has 0 bridgehead atoms. The monoisotopic (exact) mass is 383 g/mol. The van der Waals surface area contributed by atoms with Gasteiger partial charge in [0.1, 0.15) is 0 Å². The van der Waals surface area contributed by atoms with Crippen LogP contribution in [0.1, 0.15) is 31.2 Å². The first-order valence-electron chi connectivity index (χ1n) is 10.4. The molecule has 0 saturated carbocycles. The van der Waals surface area contributed by atoms with Gasteiger partial charge in [0.05, 0.1) is 11.4 Å². The van der Waals surface area contributed by atoms with Gasteiger partial charge in [0.2, 0.25) is 0 Å². The number of fused-ring (bicyclic) bond motifs is 1. The van der Waals surface area contributed by atoms with Gasteiger partial charge >= 0.3 is 0 Å². The molecule has 2 aromatic rings. The molecule has 2 aliphatic rings. The normalized spacial score (nSPS) is 17.8. The second-order valence-corrected chi connectivity index (χ2v) is 8.15. The number of benzene rings is 2. The number of anilines is 2. The van der Waals surface area contributed by atoms with Gasteiger partial charge in [0, 0.05) is 31.2 Å². The highest BCUT2D eigenvalue weighted by Crippen LogP contribution is 2.34. The molecular weight excluding hydrogens is 354 g/mol. The zero-order valence-electron chi connectivity index (χ0n) is 16.1.